The summed E-state index contributed by atoms with van der Waals surface area (Å²) in [6.45, 7) is 6.39. The summed E-state index contributed by atoms with van der Waals surface area (Å²) >= 11 is 2.43. The predicted octanol–water partition coefficient (Wildman–Crippen LogP) is -1.56. The molecule has 10 N–H and O–H groups in total. The number of hydrogen-bond acceptors (Lipinski definition) is 12. The maximum absolute atomic E-state index is 14.1. The lowest BCUT2D eigenvalue weighted by molar-refractivity contribution is -0.144. The first kappa shape index (κ1) is 41.2. The van der Waals surface area contributed by atoms with Crippen molar-refractivity contribution in [3.63, 3.8) is 0 Å². The molecule has 0 bridgehead atoms. The first-order valence-electron chi connectivity index (χ1n) is 17.0. The molecular weight excluding hydrogens is 727 g/mol. The Hall–Kier alpha value is -4.59. The Balaban J connectivity index is 1.67. The van der Waals surface area contributed by atoms with Crippen molar-refractivity contribution >= 4 is 64.4 Å². The number of primary amides is 1. The van der Waals surface area contributed by atoms with Gasteiger partial charge in [-0.1, -0.05) is 45.0 Å². The van der Waals surface area contributed by atoms with Crippen LogP contribution in [0.4, 0.5) is 0 Å². The quantitative estimate of drug-likeness (QED) is 0.176. The van der Waals surface area contributed by atoms with Crippen LogP contribution in [0.25, 0.3) is 10.4 Å². The highest BCUT2D eigenvalue weighted by Crippen LogP contribution is 2.30. The fourth-order valence-corrected chi connectivity index (χ4v) is 7.59. The molecule has 4 rings (SSSR count). The molecule has 2 fully saturated rings. The predicted molar refractivity (Wildman–Crippen MR) is 198 cm³/mol. The third kappa shape index (κ3) is 10.7. The summed E-state index contributed by atoms with van der Waals surface area (Å²) in [6, 6.07) is 0.886. The average molecular weight is 774 g/mol. The van der Waals surface area contributed by atoms with Gasteiger partial charge >= 0.3 is 0 Å². The Morgan fingerprint density at radius 1 is 0.981 bits per heavy atom. The van der Waals surface area contributed by atoms with Gasteiger partial charge in [-0.15, -0.1) is 23.1 Å². The normalized spacial score (nSPS) is 26.2. The van der Waals surface area contributed by atoms with Crippen LogP contribution in [0.3, 0.4) is 0 Å². The number of amides is 7. The van der Waals surface area contributed by atoms with E-state index in [2.05, 4.69) is 31.6 Å². The molecule has 2 aromatic rings. The number of nitrogens with two attached hydrogens (primary N) is 2. The number of hydrogen-bond donors (Lipinski definition) is 8. The summed E-state index contributed by atoms with van der Waals surface area (Å²) in [5.74, 6) is -5.16. The smallest absolute Gasteiger partial charge is 0.247 e. The van der Waals surface area contributed by atoms with Crippen molar-refractivity contribution < 1.29 is 38.7 Å². The van der Waals surface area contributed by atoms with Crippen molar-refractivity contribution in [3.8, 4) is 10.4 Å². The molecule has 6 atom stereocenters. The Bertz CT molecular complexity index is 1700. The number of nitrogens with zero attached hydrogens (tertiary/aromatic N) is 2. The maximum Gasteiger partial charge on any atom is 0.247 e. The number of rotatable bonds is 4. The van der Waals surface area contributed by atoms with Gasteiger partial charge in [0.1, 0.15) is 30.2 Å². The van der Waals surface area contributed by atoms with Crippen LogP contribution < -0.4 is 38.1 Å². The zero-order chi connectivity index (χ0) is 39.0. The van der Waals surface area contributed by atoms with Crippen LogP contribution >= 0.6 is 23.1 Å². The number of benzene rings is 1. The molecule has 2 aliphatic rings. The molecule has 1 unspecified atom stereocenters. The molecular formula is C34H47N9O8S2. The van der Waals surface area contributed by atoms with E-state index in [1.54, 1.807) is 50.5 Å². The van der Waals surface area contributed by atoms with E-state index in [4.69, 9.17) is 11.5 Å². The van der Waals surface area contributed by atoms with Crippen molar-refractivity contribution in [2.75, 3.05) is 31.1 Å². The van der Waals surface area contributed by atoms with E-state index in [0.29, 0.717) is 5.56 Å². The SMILES string of the molecule is Cc1ncsc1-c1ccc(C2NC(=O)[C@@H]3C[C@@H](O)CN3C(=O)[C@H](C(C)(C)C)NC(=O)CSC[C@H](C(N)=O)NC(=O)[C@@H](CN)NC(=O)CCNC2=O)cc1. The molecule has 0 radical (unpaired) electrons. The van der Waals surface area contributed by atoms with Gasteiger partial charge in [0.05, 0.1) is 27.9 Å². The monoisotopic (exact) mass is 773 g/mol. The van der Waals surface area contributed by atoms with Gasteiger partial charge in [0, 0.05) is 38.2 Å². The lowest BCUT2D eigenvalue weighted by Gasteiger charge is -2.35. The van der Waals surface area contributed by atoms with Crippen LogP contribution in [0.2, 0.25) is 0 Å². The van der Waals surface area contributed by atoms with Crippen molar-refractivity contribution in [2.24, 2.45) is 16.9 Å². The number of thioether (sulfide) groups is 1. The molecule has 1 aromatic heterocycles. The Labute approximate surface area is 315 Å². The Morgan fingerprint density at radius 2 is 1.68 bits per heavy atom. The number of fused-ring (bicyclic) bond motifs is 1. The number of aliphatic hydroxyl groups excluding tert-OH is 1. The average Bonchev–Trinajstić information content (AvgIpc) is 3.71. The van der Waals surface area contributed by atoms with Gasteiger partial charge in [-0.05, 0) is 23.5 Å². The zero-order valence-corrected chi connectivity index (χ0v) is 31.6. The van der Waals surface area contributed by atoms with Gasteiger partial charge in [-0.3, -0.25) is 33.6 Å². The number of aliphatic hydroxyl groups is 1. The Morgan fingerprint density at radius 3 is 2.28 bits per heavy atom. The van der Waals surface area contributed by atoms with E-state index in [-0.39, 0.29) is 44.0 Å². The van der Waals surface area contributed by atoms with Gasteiger partial charge in [0.25, 0.3) is 0 Å². The molecule has 0 spiro atoms. The molecule has 19 heteroatoms. The maximum atomic E-state index is 14.1. The highest BCUT2D eigenvalue weighted by Gasteiger charge is 2.45. The van der Waals surface area contributed by atoms with Gasteiger partial charge in [-0.2, -0.15) is 0 Å². The van der Waals surface area contributed by atoms with Crippen molar-refractivity contribution in [3.05, 3.63) is 41.0 Å². The van der Waals surface area contributed by atoms with E-state index in [0.717, 1.165) is 27.9 Å². The minimum atomic E-state index is -1.28. The second kappa shape index (κ2) is 18.0. The zero-order valence-electron chi connectivity index (χ0n) is 30.0. The van der Waals surface area contributed by atoms with Crippen LogP contribution in [0.1, 0.15) is 50.9 Å². The van der Waals surface area contributed by atoms with Gasteiger partial charge < -0.3 is 48.1 Å². The van der Waals surface area contributed by atoms with Crippen molar-refractivity contribution in [2.45, 2.75) is 76.8 Å². The summed E-state index contributed by atoms with van der Waals surface area (Å²) < 4.78 is 0. The second-order valence-corrected chi connectivity index (χ2v) is 15.9. The van der Waals surface area contributed by atoms with E-state index in [1.807, 2.05) is 6.92 Å². The molecule has 53 heavy (non-hydrogen) atoms. The van der Waals surface area contributed by atoms with E-state index in [1.165, 1.54) is 16.2 Å². The summed E-state index contributed by atoms with van der Waals surface area (Å²) in [5, 5.41) is 23.7. The number of aryl methyl sites for hydroxylation is 1. The van der Waals surface area contributed by atoms with E-state index < -0.39 is 83.1 Å². The number of nitrogens with one attached hydrogen (secondary N) is 5. The summed E-state index contributed by atoms with van der Waals surface area (Å²) in [4.78, 5) is 99.2. The molecule has 7 amide bonds. The number of carbonyl (C=O) groups excluding carboxylic acids is 7. The van der Waals surface area contributed by atoms with Crippen LogP contribution in [-0.4, -0.2) is 118 Å². The third-order valence-corrected chi connectivity index (χ3v) is 10.8. The molecule has 3 heterocycles. The summed E-state index contributed by atoms with van der Waals surface area (Å²) in [6.07, 6.45) is -1.43. The van der Waals surface area contributed by atoms with Crippen molar-refractivity contribution in [1.82, 2.24) is 36.5 Å². The highest BCUT2D eigenvalue weighted by atomic mass is 32.2. The Kier molecular flexibility index (Phi) is 13.9. The summed E-state index contributed by atoms with van der Waals surface area (Å²) in [7, 11) is 0. The largest absolute Gasteiger partial charge is 0.391 e. The van der Waals surface area contributed by atoms with Crippen LogP contribution in [-0.2, 0) is 33.6 Å². The lowest BCUT2D eigenvalue weighted by Crippen LogP contribution is -2.58. The van der Waals surface area contributed by atoms with E-state index >= 15 is 0 Å². The van der Waals surface area contributed by atoms with E-state index in [9.17, 15) is 38.7 Å². The fourth-order valence-electron chi connectivity index (χ4n) is 5.90. The topological polar surface area (TPSA) is 268 Å². The number of carbonyl (C=O) groups is 7. The lowest BCUT2D eigenvalue weighted by atomic mass is 9.85. The second-order valence-electron chi connectivity index (χ2n) is 14.0. The summed E-state index contributed by atoms with van der Waals surface area (Å²) in [5.41, 5.74) is 14.2. The third-order valence-electron chi connectivity index (χ3n) is 8.80. The van der Waals surface area contributed by atoms with Crippen LogP contribution in [0.15, 0.2) is 29.8 Å². The first-order valence-corrected chi connectivity index (χ1v) is 19.1. The molecule has 1 aromatic carbocycles. The molecule has 2 aliphatic heterocycles. The van der Waals surface area contributed by atoms with Gasteiger partial charge in [-0.25, -0.2) is 4.98 Å². The molecule has 17 nitrogen and oxygen atoms in total. The van der Waals surface area contributed by atoms with Crippen molar-refractivity contribution in [1.29, 1.82) is 0 Å². The molecule has 2 saturated heterocycles. The number of aromatic nitrogens is 1. The van der Waals surface area contributed by atoms with Gasteiger partial charge in [0.15, 0.2) is 0 Å². The van der Waals surface area contributed by atoms with Crippen LogP contribution in [0.5, 0.6) is 0 Å². The van der Waals surface area contributed by atoms with Crippen LogP contribution in [0, 0.1) is 12.3 Å². The standard InChI is InChI=1S/C34H47N9O8S2/c1-17-27(53-16-38-17)19-7-5-18(6-8-19)26-32(50)37-10-9-24(45)39-21(12-35)30(48)40-22(29(36)47)14-52-15-25(46)41-28(34(2,3)4)33(51)43-13-20(44)11-23(43)31(49)42-26/h5-8,16,20-23,26,28,44H,9-15,35H2,1-4H3,(H2,36,47)(H,37,50)(H,39,45)(H,40,48)(H,41,46)(H,42,49)/t20-,21-,22-,23+,26?,28-/m1/s1. The molecule has 0 saturated carbocycles. The molecule has 0 aliphatic carbocycles. The highest BCUT2D eigenvalue weighted by molar-refractivity contribution is 8.00. The molecule has 288 valence electrons. The minimum absolute atomic E-state index is 0.102. The fraction of sp³-hybridized carbons (Fsp3) is 0.529. The first-order chi connectivity index (χ1) is 25.0. The number of thiazole rings is 1. The van der Waals surface area contributed by atoms with Gasteiger partial charge in [0.2, 0.25) is 41.4 Å². The minimum Gasteiger partial charge on any atom is -0.391 e.